The Morgan fingerprint density at radius 3 is 1.74 bits per heavy atom. The summed E-state index contributed by atoms with van der Waals surface area (Å²) in [5, 5.41) is 5.37. The van der Waals surface area contributed by atoms with Crippen LogP contribution in [0.25, 0.3) is 49.7 Å². The van der Waals surface area contributed by atoms with E-state index in [0.29, 0.717) is 0 Å². The smallest absolute Gasteiger partial charge is 0.0645 e. The lowest BCUT2D eigenvalue weighted by atomic mass is 10.0. The highest BCUT2D eigenvalue weighted by Gasteiger charge is 2.12. The van der Waals surface area contributed by atoms with Gasteiger partial charge in [-0.05, 0) is 76.8 Å². The van der Waals surface area contributed by atoms with Crippen molar-refractivity contribution in [1.29, 1.82) is 0 Å². The van der Waals surface area contributed by atoms with E-state index in [9.17, 15) is 0 Å². The first-order chi connectivity index (χ1) is 20.9. The number of aromatic nitrogens is 1. The van der Waals surface area contributed by atoms with Gasteiger partial charge in [0.25, 0.3) is 0 Å². The number of hydrogen-bond acceptors (Lipinski definition) is 1. The number of anilines is 2. The van der Waals surface area contributed by atoms with Crippen molar-refractivity contribution in [2.75, 3.05) is 5.32 Å². The highest BCUT2D eigenvalue weighted by Crippen LogP contribution is 2.35. The molecule has 180 valence electrons. The lowest BCUT2D eigenvalue weighted by molar-refractivity contribution is 1.18. The minimum absolute atomic E-state index is 0.150. The van der Waals surface area contributed by atoms with Crippen molar-refractivity contribution in [2.24, 2.45) is 0 Å². The van der Waals surface area contributed by atoms with Gasteiger partial charge >= 0.3 is 0 Å². The molecule has 2 heteroatoms. The zero-order valence-corrected chi connectivity index (χ0v) is 20.5. The van der Waals surface area contributed by atoms with Gasteiger partial charge in [-0.2, -0.15) is 0 Å². The molecule has 0 aliphatic heterocycles. The van der Waals surface area contributed by atoms with Gasteiger partial charge in [-0.1, -0.05) is 97.0 Å². The van der Waals surface area contributed by atoms with Crippen LogP contribution in [0.3, 0.4) is 0 Å². The molecule has 0 amide bonds. The number of rotatable bonds is 5. The predicted molar refractivity (Wildman–Crippen MR) is 161 cm³/mol. The fourth-order valence-electron chi connectivity index (χ4n) is 5.04. The molecule has 0 spiro atoms. The molecule has 0 aliphatic rings. The highest BCUT2D eigenvalue weighted by atomic mass is 15.0. The van der Waals surface area contributed by atoms with E-state index in [-0.39, 0.29) is 29.9 Å². The molecule has 7 aromatic rings. The number of nitrogens with one attached hydrogen (secondary N) is 1. The summed E-state index contributed by atoms with van der Waals surface area (Å²) in [6.45, 7) is 0. The van der Waals surface area contributed by atoms with Gasteiger partial charge in [0, 0.05) is 27.8 Å². The molecule has 0 saturated heterocycles. The molecule has 0 saturated carbocycles. The van der Waals surface area contributed by atoms with Gasteiger partial charge in [-0.3, -0.25) is 0 Å². The molecule has 0 aliphatic carbocycles. The van der Waals surface area contributed by atoms with E-state index in [2.05, 4.69) is 72.0 Å². The molecule has 6 aromatic carbocycles. The summed E-state index contributed by atoms with van der Waals surface area (Å²) < 4.78 is 43.4. The van der Waals surface area contributed by atoms with Crippen LogP contribution in [0.2, 0.25) is 0 Å². The molecule has 2 nitrogen and oxygen atoms in total. The standard InChI is InChI=1S/C36H26N2/c1-3-9-26(10-4-1)27-15-20-30(21-16-27)37-31-22-17-28(18-23-31)29-19-24-36-34(25-29)33-13-7-8-14-35(33)38(36)32-11-5-2-6-12-32/h1-25,37H/i2D,5D,6D,11D,12D. The Balaban J connectivity index is 1.23. The summed E-state index contributed by atoms with van der Waals surface area (Å²) in [4.78, 5) is 0. The summed E-state index contributed by atoms with van der Waals surface area (Å²) in [5.41, 5.74) is 8.13. The van der Waals surface area contributed by atoms with Crippen LogP contribution in [0.1, 0.15) is 6.85 Å². The third-order valence-corrected chi connectivity index (χ3v) is 6.88. The van der Waals surface area contributed by atoms with Crippen molar-refractivity contribution in [2.45, 2.75) is 0 Å². The zero-order chi connectivity index (χ0) is 29.7. The van der Waals surface area contributed by atoms with Crippen molar-refractivity contribution in [3.05, 3.63) is 152 Å². The molecule has 7 rings (SSSR count). The first-order valence-electron chi connectivity index (χ1n) is 15.0. The molecule has 1 N–H and O–H groups in total. The Morgan fingerprint density at radius 2 is 1.03 bits per heavy atom. The van der Waals surface area contributed by atoms with Crippen LogP contribution in [0.4, 0.5) is 11.4 Å². The molecule has 38 heavy (non-hydrogen) atoms. The van der Waals surface area contributed by atoms with Crippen LogP contribution in [0.5, 0.6) is 0 Å². The van der Waals surface area contributed by atoms with Crippen molar-refractivity contribution in [1.82, 2.24) is 4.57 Å². The fraction of sp³-hybridized carbons (Fsp3) is 0. The summed E-state index contributed by atoms with van der Waals surface area (Å²) in [6, 6.07) is 39.3. The number of nitrogens with zero attached hydrogens (tertiary/aromatic N) is 1. The molecule has 0 radical (unpaired) electrons. The molecule has 0 fully saturated rings. The first kappa shape index (κ1) is 17.4. The average Bonchev–Trinajstić information content (AvgIpc) is 3.37. The molecular weight excluding hydrogens is 460 g/mol. The molecular formula is C36H26N2. The third-order valence-electron chi connectivity index (χ3n) is 6.88. The Bertz CT molecular complexity index is 2110. The van der Waals surface area contributed by atoms with E-state index < -0.39 is 6.04 Å². The summed E-state index contributed by atoms with van der Waals surface area (Å²) in [6.07, 6.45) is 0. The average molecular weight is 492 g/mol. The van der Waals surface area contributed by atoms with Gasteiger partial charge in [-0.25, -0.2) is 0 Å². The van der Waals surface area contributed by atoms with Crippen LogP contribution in [-0.2, 0) is 0 Å². The predicted octanol–water partition coefficient (Wildman–Crippen LogP) is 9.86. The van der Waals surface area contributed by atoms with E-state index in [1.54, 1.807) is 4.57 Å². The second kappa shape index (κ2) is 9.42. The van der Waals surface area contributed by atoms with Gasteiger partial charge in [0.05, 0.1) is 17.9 Å². The van der Waals surface area contributed by atoms with Crippen molar-refractivity contribution in [3.63, 3.8) is 0 Å². The highest BCUT2D eigenvalue weighted by molar-refractivity contribution is 6.10. The van der Waals surface area contributed by atoms with E-state index >= 15 is 0 Å². The number of para-hydroxylation sites is 2. The summed E-state index contributed by atoms with van der Waals surface area (Å²) in [5.74, 6) is 0. The van der Waals surface area contributed by atoms with Crippen LogP contribution >= 0.6 is 0 Å². The van der Waals surface area contributed by atoms with E-state index in [1.807, 2.05) is 54.6 Å². The summed E-state index contributed by atoms with van der Waals surface area (Å²) >= 11 is 0. The van der Waals surface area contributed by atoms with Crippen LogP contribution in [0, 0.1) is 0 Å². The van der Waals surface area contributed by atoms with E-state index in [4.69, 9.17) is 6.85 Å². The molecule has 0 unspecified atom stereocenters. The second-order valence-corrected chi connectivity index (χ2v) is 9.20. The number of hydrogen-bond donors (Lipinski definition) is 1. The van der Waals surface area contributed by atoms with Crippen molar-refractivity contribution in [3.8, 4) is 27.9 Å². The van der Waals surface area contributed by atoms with Crippen molar-refractivity contribution >= 4 is 33.2 Å². The van der Waals surface area contributed by atoms with Gasteiger partial charge in [0.15, 0.2) is 0 Å². The van der Waals surface area contributed by atoms with Gasteiger partial charge < -0.3 is 9.88 Å². The molecule has 1 heterocycles. The minimum Gasteiger partial charge on any atom is -0.356 e. The lowest BCUT2D eigenvalue weighted by Gasteiger charge is -2.10. The Hall–Kier alpha value is -5.08. The lowest BCUT2D eigenvalue weighted by Crippen LogP contribution is -1.93. The van der Waals surface area contributed by atoms with Gasteiger partial charge in [0.1, 0.15) is 0 Å². The quantitative estimate of drug-likeness (QED) is 0.253. The normalized spacial score (nSPS) is 13.0. The largest absolute Gasteiger partial charge is 0.356 e. The molecule has 0 atom stereocenters. The Kier molecular flexibility index (Phi) is 4.31. The first-order valence-corrected chi connectivity index (χ1v) is 12.5. The second-order valence-electron chi connectivity index (χ2n) is 9.20. The van der Waals surface area contributed by atoms with Gasteiger partial charge in [0.2, 0.25) is 0 Å². The Labute approximate surface area is 229 Å². The molecule has 1 aromatic heterocycles. The minimum atomic E-state index is -0.399. The maximum atomic E-state index is 8.59. The fourth-order valence-corrected chi connectivity index (χ4v) is 5.04. The monoisotopic (exact) mass is 491 g/mol. The maximum absolute atomic E-state index is 8.59. The number of fused-ring (bicyclic) bond motifs is 3. The molecule has 0 bridgehead atoms. The zero-order valence-electron chi connectivity index (χ0n) is 25.5. The number of benzene rings is 6. The SMILES string of the molecule is [2H]c1c([2H])c([2H])c(-n2c3ccccc3c3cc(-c4ccc(Nc5ccc(-c6ccccc6)cc5)cc4)ccc32)c([2H])c1[2H]. The van der Waals surface area contributed by atoms with Crippen molar-refractivity contribution < 1.29 is 6.85 Å². The topological polar surface area (TPSA) is 17.0 Å². The van der Waals surface area contributed by atoms with Crippen LogP contribution in [0.15, 0.2) is 152 Å². The summed E-state index contributed by atoms with van der Waals surface area (Å²) in [7, 11) is 0. The Morgan fingerprint density at radius 1 is 0.474 bits per heavy atom. The van der Waals surface area contributed by atoms with E-state index in [0.717, 1.165) is 44.3 Å². The van der Waals surface area contributed by atoms with Crippen LogP contribution < -0.4 is 5.32 Å². The third kappa shape index (κ3) is 4.03. The maximum Gasteiger partial charge on any atom is 0.0645 e. The van der Waals surface area contributed by atoms with Crippen LogP contribution in [-0.4, -0.2) is 4.57 Å². The van der Waals surface area contributed by atoms with Gasteiger partial charge in [-0.15, -0.1) is 0 Å². The van der Waals surface area contributed by atoms with E-state index in [1.165, 1.54) is 11.1 Å².